The van der Waals surface area contributed by atoms with Crippen LogP contribution in [0.5, 0.6) is 5.75 Å². The van der Waals surface area contributed by atoms with E-state index in [-0.39, 0.29) is 18.0 Å². The number of fused-ring (bicyclic) bond motifs is 1. The van der Waals surface area contributed by atoms with Crippen LogP contribution < -0.4 is 10.3 Å². The number of halogens is 2. The molecule has 9 heteroatoms. The molecule has 0 aliphatic carbocycles. The highest BCUT2D eigenvalue weighted by molar-refractivity contribution is 6.38. The Balaban J connectivity index is 1.68. The fourth-order valence-electron chi connectivity index (χ4n) is 2.65. The molecule has 0 saturated carbocycles. The molecule has 0 radical (unpaired) electrons. The molecule has 0 unspecified atom stereocenters. The molecule has 136 valence electrons. The highest BCUT2D eigenvalue weighted by Gasteiger charge is 2.13. The molecule has 0 N–H and O–H groups in total. The zero-order valence-electron chi connectivity index (χ0n) is 14.0. The molecule has 0 saturated heterocycles. The third kappa shape index (κ3) is 3.39. The number of rotatable bonds is 4. The second kappa shape index (κ2) is 7.02. The first-order valence-electron chi connectivity index (χ1n) is 7.86. The van der Waals surface area contributed by atoms with Crippen molar-refractivity contribution >= 4 is 34.1 Å². The smallest absolute Gasteiger partial charge is 0.261 e. The van der Waals surface area contributed by atoms with E-state index in [1.54, 1.807) is 19.2 Å². The van der Waals surface area contributed by atoms with E-state index in [2.05, 4.69) is 15.1 Å². The van der Waals surface area contributed by atoms with E-state index < -0.39 is 0 Å². The predicted octanol–water partition coefficient (Wildman–Crippen LogP) is 3.81. The molecule has 0 aliphatic heterocycles. The van der Waals surface area contributed by atoms with Crippen LogP contribution in [0, 0.1) is 0 Å². The van der Waals surface area contributed by atoms with E-state index in [4.69, 9.17) is 32.5 Å². The van der Waals surface area contributed by atoms with E-state index in [1.807, 2.05) is 18.2 Å². The lowest BCUT2D eigenvalue weighted by atomic mass is 10.2. The molecule has 4 aromatic rings. The van der Waals surface area contributed by atoms with E-state index in [1.165, 1.54) is 17.0 Å². The number of nitrogens with zero attached hydrogens (tertiary/aromatic N) is 4. The molecule has 0 atom stereocenters. The maximum atomic E-state index is 12.7. The third-order valence-corrected chi connectivity index (χ3v) is 4.45. The Kier molecular flexibility index (Phi) is 4.55. The van der Waals surface area contributed by atoms with E-state index in [0.29, 0.717) is 32.5 Å². The molecule has 2 heterocycles. The molecule has 0 spiro atoms. The minimum Gasteiger partial charge on any atom is -0.497 e. The van der Waals surface area contributed by atoms with Gasteiger partial charge in [0.1, 0.15) is 12.3 Å². The summed E-state index contributed by atoms with van der Waals surface area (Å²) in [6, 6.07) is 10.4. The Morgan fingerprint density at radius 2 is 2.07 bits per heavy atom. The van der Waals surface area contributed by atoms with Crippen LogP contribution in [0.2, 0.25) is 10.0 Å². The van der Waals surface area contributed by atoms with Crippen molar-refractivity contribution < 1.29 is 9.26 Å². The topological polar surface area (TPSA) is 83.0 Å². The Morgan fingerprint density at radius 1 is 1.22 bits per heavy atom. The van der Waals surface area contributed by atoms with E-state index in [0.717, 1.165) is 5.56 Å². The second-order valence-electron chi connectivity index (χ2n) is 5.71. The Labute approximate surface area is 163 Å². The van der Waals surface area contributed by atoms with Crippen LogP contribution in [0.25, 0.3) is 22.3 Å². The van der Waals surface area contributed by atoms with Crippen LogP contribution in [0.4, 0.5) is 0 Å². The lowest BCUT2D eigenvalue weighted by Crippen LogP contribution is -2.21. The van der Waals surface area contributed by atoms with Crippen LogP contribution in [0.3, 0.4) is 0 Å². The third-order valence-electron chi connectivity index (χ3n) is 3.95. The van der Waals surface area contributed by atoms with Gasteiger partial charge in [-0.1, -0.05) is 40.5 Å². The standard InChI is InChI=1S/C18H12Cl2N4O3/c1-26-12-4-2-3-10(5-12)17-22-15(27-23-17)8-24-9-21-16-13(18(24)25)6-11(19)7-14(16)20/h2-7,9H,8H2,1H3. The molecule has 0 bridgehead atoms. The maximum Gasteiger partial charge on any atom is 0.261 e. The summed E-state index contributed by atoms with van der Waals surface area (Å²) in [7, 11) is 1.58. The molecule has 0 aliphatic rings. The van der Waals surface area contributed by atoms with Crippen molar-refractivity contribution in [3.8, 4) is 17.1 Å². The van der Waals surface area contributed by atoms with Gasteiger partial charge in [-0.25, -0.2) is 4.98 Å². The average molecular weight is 403 g/mol. The molecule has 0 amide bonds. The number of ether oxygens (including phenoxy) is 1. The van der Waals surface area contributed by atoms with Gasteiger partial charge < -0.3 is 9.26 Å². The number of hydrogen-bond donors (Lipinski definition) is 0. The van der Waals surface area contributed by atoms with Gasteiger partial charge in [0.25, 0.3) is 5.56 Å². The van der Waals surface area contributed by atoms with Crippen LogP contribution in [0.15, 0.2) is 52.0 Å². The van der Waals surface area contributed by atoms with Crippen LogP contribution >= 0.6 is 23.2 Å². The zero-order valence-corrected chi connectivity index (χ0v) is 15.5. The monoisotopic (exact) mass is 402 g/mol. The van der Waals surface area contributed by atoms with Gasteiger partial charge >= 0.3 is 0 Å². The summed E-state index contributed by atoms with van der Waals surface area (Å²) in [6.07, 6.45) is 1.39. The normalized spacial score (nSPS) is 11.1. The van der Waals surface area contributed by atoms with Gasteiger partial charge in [-0.15, -0.1) is 0 Å². The molecule has 7 nitrogen and oxygen atoms in total. The molecule has 4 rings (SSSR count). The largest absolute Gasteiger partial charge is 0.497 e. The fraction of sp³-hybridized carbons (Fsp3) is 0.111. The fourth-order valence-corrected chi connectivity index (χ4v) is 3.19. The lowest BCUT2D eigenvalue weighted by Gasteiger charge is -2.05. The summed E-state index contributed by atoms with van der Waals surface area (Å²) in [5.74, 6) is 1.35. The van der Waals surface area contributed by atoms with Gasteiger partial charge in [0, 0.05) is 10.6 Å². The Hall–Kier alpha value is -2.90. The Morgan fingerprint density at radius 3 is 2.89 bits per heavy atom. The quantitative estimate of drug-likeness (QED) is 0.515. The van der Waals surface area contributed by atoms with Crippen molar-refractivity contribution in [3.63, 3.8) is 0 Å². The average Bonchev–Trinajstić information content (AvgIpc) is 3.13. The SMILES string of the molecule is COc1cccc(-c2noc(Cn3cnc4c(Cl)cc(Cl)cc4c3=O)n2)c1. The van der Waals surface area contributed by atoms with Gasteiger partial charge in [0.05, 0.1) is 29.4 Å². The summed E-state index contributed by atoms with van der Waals surface area (Å²) >= 11 is 12.1. The minimum atomic E-state index is -0.300. The highest BCUT2D eigenvalue weighted by Crippen LogP contribution is 2.24. The van der Waals surface area contributed by atoms with Crippen LogP contribution in [0.1, 0.15) is 5.89 Å². The summed E-state index contributed by atoms with van der Waals surface area (Å²) in [5.41, 5.74) is 0.836. The molecule has 27 heavy (non-hydrogen) atoms. The number of aromatic nitrogens is 4. The van der Waals surface area contributed by atoms with Crippen molar-refractivity contribution in [2.24, 2.45) is 0 Å². The Bertz CT molecular complexity index is 1200. The summed E-state index contributed by atoms with van der Waals surface area (Å²) < 4.78 is 11.8. The summed E-state index contributed by atoms with van der Waals surface area (Å²) in [6.45, 7) is 0.0723. The van der Waals surface area contributed by atoms with Crippen molar-refractivity contribution in [1.29, 1.82) is 0 Å². The van der Waals surface area contributed by atoms with Crippen molar-refractivity contribution in [1.82, 2.24) is 19.7 Å². The minimum absolute atomic E-state index is 0.0723. The zero-order chi connectivity index (χ0) is 19.0. The predicted molar refractivity (Wildman–Crippen MR) is 101 cm³/mol. The number of hydrogen-bond acceptors (Lipinski definition) is 6. The molecule has 2 aromatic heterocycles. The summed E-state index contributed by atoms with van der Waals surface area (Å²) in [5, 5.41) is 4.96. The second-order valence-corrected chi connectivity index (χ2v) is 6.55. The molecular formula is C18H12Cl2N4O3. The van der Waals surface area contributed by atoms with Gasteiger partial charge in [-0.3, -0.25) is 9.36 Å². The first kappa shape index (κ1) is 17.5. The van der Waals surface area contributed by atoms with Gasteiger partial charge in [0.2, 0.25) is 11.7 Å². The lowest BCUT2D eigenvalue weighted by molar-refractivity contribution is 0.369. The van der Waals surface area contributed by atoms with Gasteiger partial charge in [-0.2, -0.15) is 4.98 Å². The van der Waals surface area contributed by atoms with Crippen molar-refractivity contribution in [3.05, 3.63) is 69.0 Å². The summed E-state index contributed by atoms with van der Waals surface area (Å²) in [4.78, 5) is 21.3. The van der Waals surface area contributed by atoms with Gasteiger partial charge in [-0.05, 0) is 24.3 Å². The number of benzene rings is 2. The first-order chi connectivity index (χ1) is 13.0. The molecular weight excluding hydrogens is 391 g/mol. The first-order valence-corrected chi connectivity index (χ1v) is 8.62. The molecule has 0 fully saturated rings. The van der Waals surface area contributed by atoms with E-state index in [9.17, 15) is 4.79 Å². The van der Waals surface area contributed by atoms with Crippen LogP contribution in [-0.4, -0.2) is 26.8 Å². The van der Waals surface area contributed by atoms with Crippen molar-refractivity contribution in [2.75, 3.05) is 7.11 Å². The van der Waals surface area contributed by atoms with Crippen LogP contribution in [-0.2, 0) is 6.54 Å². The van der Waals surface area contributed by atoms with Crippen molar-refractivity contribution in [2.45, 2.75) is 6.54 Å². The van der Waals surface area contributed by atoms with Gasteiger partial charge in [0.15, 0.2) is 0 Å². The highest BCUT2D eigenvalue weighted by atomic mass is 35.5. The maximum absolute atomic E-state index is 12.7. The van der Waals surface area contributed by atoms with E-state index >= 15 is 0 Å². The number of methoxy groups -OCH3 is 1. The molecule has 2 aromatic carbocycles.